The fraction of sp³-hybridized carbons (Fsp3) is 0. The summed E-state index contributed by atoms with van der Waals surface area (Å²) >= 11 is 0. The summed E-state index contributed by atoms with van der Waals surface area (Å²) in [4.78, 5) is 8.56. The van der Waals surface area contributed by atoms with Crippen molar-refractivity contribution in [3.8, 4) is 0 Å². The molecule has 0 aliphatic rings. The normalized spacial score (nSPS) is 4.00. The Morgan fingerprint density at radius 2 is 1.17 bits per heavy atom. The third-order valence-corrected chi connectivity index (χ3v) is 0. The Morgan fingerprint density at radius 3 is 1.17 bits per heavy atom. The minimum absolute atomic E-state index is 0. The fourth-order valence-corrected chi connectivity index (χ4v) is 0. The first-order valence-corrected chi connectivity index (χ1v) is 0.651. The van der Waals surface area contributed by atoms with Crippen molar-refractivity contribution in [3.05, 3.63) is 0 Å². The van der Waals surface area contributed by atoms with Crippen molar-refractivity contribution in [2.24, 2.45) is 0 Å². The number of carboxylic acid groups (broad SMARTS) is 2. The van der Waals surface area contributed by atoms with Gasteiger partial charge in [0, 0.05) is 0 Å². The van der Waals surface area contributed by atoms with Crippen molar-refractivity contribution < 1.29 is 15.0 Å². The monoisotopic (exact) mass is 342 g/mol. The molecule has 0 saturated carbocycles. The van der Waals surface area contributed by atoms with E-state index in [1.54, 1.807) is 0 Å². The molecule has 0 saturated heterocycles. The van der Waals surface area contributed by atoms with Crippen LogP contribution in [0.1, 0.15) is 0 Å². The van der Waals surface area contributed by atoms with Crippen molar-refractivity contribution in [3.63, 3.8) is 0 Å². The summed E-state index contributed by atoms with van der Waals surface area (Å²) in [5, 5.41) is 13.9. The van der Waals surface area contributed by atoms with Gasteiger partial charge in [0.2, 0.25) is 0 Å². The van der Waals surface area contributed by atoms with Crippen molar-refractivity contribution in [1.29, 1.82) is 0 Å². The maximum atomic E-state index is 8.56. The van der Waals surface area contributed by atoms with E-state index >= 15 is 0 Å². The Labute approximate surface area is 116 Å². The molecule has 0 aliphatic heterocycles. The minimum atomic E-state index is -1.83. The third-order valence-electron chi connectivity index (χ3n) is 0. The Kier molecular flexibility index (Phi) is 27.4. The van der Waals surface area contributed by atoms with Gasteiger partial charge in [-0.15, -0.1) is 0 Å². The average Bonchev–Trinajstić information content (AvgIpc) is 0.811. The number of hydrogen-bond donors (Lipinski definition) is 2. The van der Waals surface area contributed by atoms with Crippen LogP contribution >= 0.6 is 0 Å². The standard InChI is InChI=1S/CH2O3.2Ba.4H/c2-1(3)4;;;;;;/h(H2,2,3,4);;;;;;. The molecule has 2 N–H and O–H groups in total. The molecule has 0 bridgehead atoms. The zero-order chi connectivity index (χ0) is 3.58. The van der Waals surface area contributed by atoms with E-state index in [1.807, 2.05) is 0 Å². The molecule has 6 heavy (non-hydrogen) atoms. The van der Waals surface area contributed by atoms with Crippen LogP contribution in [0, 0.1) is 0 Å². The van der Waals surface area contributed by atoms with Crippen LogP contribution in [0.4, 0.5) is 4.79 Å². The molecule has 0 radical (unpaired) electrons. The van der Waals surface area contributed by atoms with Crippen LogP contribution in [-0.4, -0.2) is 114 Å². The second-order valence-corrected chi connectivity index (χ2v) is 0.283. The summed E-state index contributed by atoms with van der Waals surface area (Å²) in [6.45, 7) is 0. The van der Waals surface area contributed by atoms with Gasteiger partial charge in [0.25, 0.3) is 0 Å². The van der Waals surface area contributed by atoms with Gasteiger partial charge < -0.3 is 10.2 Å². The van der Waals surface area contributed by atoms with Gasteiger partial charge in [-0.3, -0.25) is 0 Å². The molecule has 0 aliphatic carbocycles. The summed E-state index contributed by atoms with van der Waals surface area (Å²) in [6, 6.07) is 0. The Balaban J connectivity index is -0.0000000450. The van der Waals surface area contributed by atoms with E-state index in [0.29, 0.717) is 0 Å². The first-order valence-electron chi connectivity index (χ1n) is 0.651. The number of carbonyl (C=O) groups is 1. The predicted octanol–water partition coefficient (Wildman–Crippen LogP) is -1.61. The van der Waals surface area contributed by atoms with Gasteiger partial charge in [0.05, 0.1) is 0 Å². The van der Waals surface area contributed by atoms with E-state index < -0.39 is 6.16 Å². The van der Waals surface area contributed by atoms with E-state index in [0.717, 1.165) is 0 Å². The van der Waals surface area contributed by atoms with Crippen molar-refractivity contribution in [2.45, 2.75) is 0 Å². The maximum absolute atomic E-state index is 8.56. The van der Waals surface area contributed by atoms with E-state index in [-0.39, 0.29) is 97.8 Å². The molecule has 0 aromatic carbocycles. The second kappa shape index (κ2) is 10.4. The van der Waals surface area contributed by atoms with Crippen molar-refractivity contribution in [1.82, 2.24) is 0 Å². The summed E-state index contributed by atoms with van der Waals surface area (Å²) in [5.74, 6) is 0. The third kappa shape index (κ3) is 32.3. The molecule has 3 nitrogen and oxygen atoms in total. The van der Waals surface area contributed by atoms with Gasteiger partial charge in [-0.25, -0.2) is 4.79 Å². The first kappa shape index (κ1) is 15.8. The number of hydrogen-bond acceptors (Lipinski definition) is 1. The predicted molar refractivity (Wildman–Crippen MR) is 27.7 cm³/mol. The second-order valence-electron chi connectivity index (χ2n) is 0.283. The molecule has 0 aromatic heterocycles. The van der Waals surface area contributed by atoms with E-state index in [9.17, 15) is 0 Å². The van der Waals surface area contributed by atoms with Gasteiger partial charge in [-0.2, -0.15) is 0 Å². The van der Waals surface area contributed by atoms with E-state index in [2.05, 4.69) is 0 Å². The van der Waals surface area contributed by atoms with Crippen LogP contribution in [0.2, 0.25) is 0 Å². The van der Waals surface area contributed by atoms with Crippen molar-refractivity contribution >= 4 is 104 Å². The summed E-state index contributed by atoms with van der Waals surface area (Å²) in [6.07, 6.45) is -1.83. The average molecular weight is 341 g/mol. The zero-order valence-electron chi connectivity index (χ0n) is 1.80. The molecular weight excluding hydrogens is 335 g/mol. The summed E-state index contributed by atoms with van der Waals surface area (Å²) in [7, 11) is 0. The molecule has 0 rings (SSSR count). The Bertz CT molecular complexity index is 31.8. The van der Waals surface area contributed by atoms with E-state index in [4.69, 9.17) is 15.0 Å². The van der Waals surface area contributed by atoms with Crippen LogP contribution < -0.4 is 0 Å². The molecule has 5 heteroatoms. The van der Waals surface area contributed by atoms with Crippen molar-refractivity contribution in [2.75, 3.05) is 0 Å². The quantitative estimate of drug-likeness (QED) is 0.522. The molecule has 0 fully saturated rings. The molecule has 32 valence electrons. The zero-order valence-corrected chi connectivity index (χ0v) is 1.80. The summed E-state index contributed by atoms with van der Waals surface area (Å²) < 4.78 is 0. The summed E-state index contributed by atoms with van der Waals surface area (Å²) in [5.41, 5.74) is 0. The van der Waals surface area contributed by atoms with Gasteiger partial charge >= 0.3 is 104 Å². The van der Waals surface area contributed by atoms with Crippen LogP contribution in [0.15, 0.2) is 0 Å². The van der Waals surface area contributed by atoms with E-state index in [1.165, 1.54) is 0 Å². The molecule has 0 spiro atoms. The molecule has 0 atom stereocenters. The SMILES string of the molecule is O=C(O)O.[BaH2].[BaH2]. The van der Waals surface area contributed by atoms with Gasteiger partial charge in [0.15, 0.2) is 0 Å². The molecule has 0 heterocycles. The Hall–Kier alpha value is 2.41. The Morgan fingerprint density at radius 1 is 1.17 bits per heavy atom. The first-order chi connectivity index (χ1) is 1.73. The van der Waals surface area contributed by atoms with Crippen LogP contribution in [-0.2, 0) is 0 Å². The van der Waals surface area contributed by atoms with Gasteiger partial charge in [0.1, 0.15) is 0 Å². The van der Waals surface area contributed by atoms with Crippen LogP contribution in [0.3, 0.4) is 0 Å². The molecule has 0 amide bonds. The number of rotatable bonds is 0. The molecular formula is CH6Ba2O3. The van der Waals surface area contributed by atoms with Gasteiger partial charge in [-0.05, 0) is 0 Å². The topological polar surface area (TPSA) is 57.5 Å². The van der Waals surface area contributed by atoms with Gasteiger partial charge in [-0.1, -0.05) is 0 Å². The fourth-order valence-electron chi connectivity index (χ4n) is 0. The van der Waals surface area contributed by atoms with Crippen LogP contribution in [0.25, 0.3) is 0 Å². The molecule has 0 unspecified atom stereocenters. The van der Waals surface area contributed by atoms with Crippen LogP contribution in [0.5, 0.6) is 0 Å². The molecule has 0 aromatic rings.